The molecule has 0 atom stereocenters. The van der Waals surface area contributed by atoms with Gasteiger partial charge in [-0.05, 0) is 19.1 Å². The third-order valence-corrected chi connectivity index (χ3v) is 3.74. The monoisotopic (exact) mass is 287 g/mol. The number of benzene rings is 1. The molecule has 6 heteroatoms. The summed E-state index contributed by atoms with van der Waals surface area (Å²) in [7, 11) is 0. The molecule has 1 saturated heterocycles. The van der Waals surface area contributed by atoms with Gasteiger partial charge in [-0.2, -0.15) is 4.98 Å². The summed E-state index contributed by atoms with van der Waals surface area (Å²) >= 11 is 0. The molecule has 1 aromatic carbocycles. The van der Waals surface area contributed by atoms with E-state index in [2.05, 4.69) is 19.8 Å². The largest absolute Gasteiger partial charge is 0.368 e. The highest BCUT2D eigenvalue weighted by Gasteiger charge is 2.21. The van der Waals surface area contributed by atoms with Crippen LogP contribution in [-0.2, 0) is 0 Å². The second kappa shape index (κ2) is 5.55. The number of hydrogen-bond donors (Lipinski definition) is 1. The Morgan fingerprint density at radius 1 is 1.10 bits per heavy atom. The molecule has 2 aromatic rings. The van der Waals surface area contributed by atoms with E-state index in [4.69, 9.17) is 5.73 Å². The summed E-state index contributed by atoms with van der Waals surface area (Å²) in [4.78, 5) is 12.5. The number of aromatic nitrogens is 2. The molecule has 0 radical (unpaired) electrons. The van der Waals surface area contributed by atoms with Crippen molar-refractivity contribution < 1.29 is 4.39 Å². The number of nitrogens with zero attached hydrogens (tertiary/aromatic N) is 4. The van der Waals surface area contributed by atoms with E-state index in [1.165, 1.54) is 6.07 Å². The fraction of sp³-hybridized carbons (Fsp3) is 0.333. The maximum atomic E-state index is 13.8. The average Bonchev–Trinajstić information content (AvgIpc) is 2.50. The molecule has 1 aliphatic heterocycles. The molecule has 0 spiro atoms. The number of rotatable bonds is 2. The van der Waals surface area contributed by atoms with Crippen LogP contribution < -0.4 is 15.5 Å². The standard InChI is InChI=1S/C15H18FN5/c1-11-10-18-15(17)19-14(11)21-8-6-20(7-9-21)13-5-3-2-4-12(13)16/h2-5,10H,6-9H2,1H3,(H2,17,18,19). The van der Waals surface area contributed by atoms with Crippen molar-refractivity contribution in [2.24, 2.45) is 0 Å². The van der Waals surface area contributed by atoms with Gasteiger partial charge in [0.05, 0.1) is 5.69 Å². The maximum Gasteiger partial charge on any atom is 0.221 e. The van der Waals surface area contributed by atoms with Crippen LogP contribution in [0.1, 0.15) is 5.56 Å². The van der Waals surface area contributed by atoms with Crippen molar-refractivity contribution in [1.82, 2.24) is 9.97 Å². The average molecular weight is 287 g/mol. The van der Waals surface area contributed by atoms with Gasteiger partial charge in [0.25, 0.3) is 0 Å². The van der Waals surface area contributed by atoms with Gasteiger partial charge in [-0.3, -0.25) is 0 Å². The topological polar surface area (TPSA) is 58.3 Å². The summed E-state index contributed by atoms with van der Waals surface area (Å²) in [5.74, 6) is 0.983. The Morgan fingerprint density at radius 2 is 1.76 bits per heavy atom. The molecular formula is C15H18FN5. The molecular weight excluding hydrogens is 269 g/mol. The van der Waals surface area contributed by atoms with Crippen molar-refractivity contribution in [3.05, 3.63) is 41.8 Å². The maximum absolute atomic E-state index is 13.8. The lowest BCUT2D eigenvalue weighted by Gasteiger charge is -2.37. The number of aryl methyl sites for hydroxylation is 1. The molecule has 1 aliphatic rings. The molecule has 21 heavy (non-hydrogen) atoms. The first-order chi connectivity index (χ1) is 10.1. The van der Waals surface area contributed by atoms with E-state index in [0.29, 0.717) is 5.69 Å². The summed E-state index contributed by atoms with van der Waals surface area (Å²) < 4.78 is 13.8. The van der Waals surface area contributed by atoms with Crippen molar-refractivity contribution >= 4 is 17.5 Å². The number of hydrogen-bond acceptors (Lipinski definition) is 5. The Kier molecular flexibility index (Phi) is 3.60. The molecule has 0 unspecified atom stereocenters. The summed E-state index contributed by atoms with van der Waals surface area (Å²) in [5.41, 5.74) is 7.33. The molecule has 3 rings (SSSR count). The minimum absolute atomic E-state index is 0.173. The molecule has 1 fully saturated rings. The Balaban J connectivity index is 1.73. The first kappa shape index (κ1) is 13.6. The van der Waals surface area contributed by atoms with Gasteiger partial charge in [0.15, 0.2) is 0 Å². The number of nitrogen functional groups attached to an aromatic ring is 1. The molecule has 2 N–H and O–H groups in total. The Labute approximate surface area is 123 Å². The minimum Gasteiger partial charge on any atom is -0.368 e. The highest BCUT2D eigenvalue weighted by atomic mass is 19.1. The summed E-state index contributed by atoms with van der Waals surface area (Å²) in [6, 6.07) is 6.89. The van der Waals surface area contributed by atoms with Crippen LogP contribution in [0.15, 0.2) is 30.5 Å². The first-order valence-corrected chi connectivity index (χ1v) is 6.98. The van der Waals surface area contributed by atoms with Crippen molar-refractivity contribution in [3.8, 4) is 0 Å². The third kappa shape index (κ3) is 2.74. The highest BCUT2D eigenvalue weighted by molar-refractivity contribution is 5.52. The van der Waals surface area contributed by atoms with Gasteiger partial charge >= 0.3 is 0 Å². The predicted octanol–water partition coefficient (Wildman–Crippen LogP) is 1.83. The van der Waals surface area contributed by atoms with E-state index in [9.17, 15) is 4.39 Å². The van der Waals surface area contributed by atoms with Crippen molar-refractivity contribution in [3.63, 3.8) is 0 Å². The fourth-order valence-electron chi connectivity index (χ4n) is 2.63. The van der Waals surface area contributed by atoms with Crippen LogP contribution >= 0.6 is 0 Å². The van der Waals surface area contributed by atoms with Crippen molar-refractivity contribution in [2.45, 2.75) is 6.92 Å². The molecule has 1 aromatic heterocycles. The van der Waals surface area contributed by atoms with E-state index in [1.54, 1.807) is 12.3 Å². The zero-order valence-corrected chi connectivity index (χ0v) is 12.0. The van der Waals surface area contributed by atoms with Gasteiger partial charge in [-0.1, -0.05) is 12.1 Å². The van der Waals surface area contributed by atoms with E-state index in [1.807, 2.05) is 19.1 Å². The van der Waals surface area contributed by atoms with Gasteiger partial charge in [-0.25, -0.2) is 9.37 Å². The number of nitrogens with two attached hydrogens (primary N) is 1. The van der Waals surface area contributed by atoms with Crippen LogP contribution in [0.25, 0.3) is 0 Å². The van der Waals surface area contributed by atoms with Crippen LogP contribution in [0.3, 0.4) is 0 Å². The molecule has 0 amide bonds. The van der Waals surface area contributed by atoms with Gasteiger partial charge in [0.1, 0.15) is 11.6 Å². The molecule has 110 valence electrons. The van der Waals surface area contributed by atoms with Gasteiger partial charge in [0.2, 0.25) is 5.95 Å². The zero-order valence-electron chi connectivity index (χ0n) is 12.0. The second-order valence-electron chi connectivity index (χ2n) is 5.16. The van der Waals surface area contributed by atoms with Gasteiger partial charge in [-0.15, -0.1) is 0 Å². The van der Waals surface area contributed by atoms with Crippen molar-refractivity contribution in [1.29, 1.82) is 0 Å². The molecule has 0 aliphatic carbocycles. The van der Waals surface area contributed by atoms with Crippen LogP contribution in [0, 0.1) is 12.7 Å². The van der Waals surface area contributed by atoms with E-state index < -0.39 is 0 Å². The number of piperazine rings is 1. The van der Waals surface area contributed by atoms with Crippen molar-refractivity contribution in [2.75, 3.05) is 41.7 Å². The van der Waals surface area contributed by atoms with Crippen LogP contribution in [0.5, 0.6) is 0 Å². The van der Waals surface area contributed by atoms with E-state index in [0.717, 1.165) is 37.6 Å². The lowest BCUT2D eigenvalue weighted by atomic mass is 10.2. The molecule has 5 nitrogen and oxygen atoms in total. The second-order valence-corrected chi connectivity index (χ2v) is 5.16. The molecule has 0 saturated carbocycles. The first-order valence-electron chi connectivity index (χ1n) is 6.98. The summed E-state index contributed by atoms with van der Waals surface area (Å²) in [6.45, 7) is 5.05. The third-order valence-electron chi connectivity index (χ3n) is 3.74. The molecule has 2 heterocycles. The number of halogens is 1. The van der Waals surface area contributed by atoms with Crippen LogP contribution in [0.4, 0.5) is 21.8 Å². The van der Waals surface area contributed by atoms with Crippen LogP contribution in [-0.4, -0.2) is 36.1 Å². The Bertz CT molecular complexity index is 638. The lowest BCUT2D eigenvalue weighted by Crippen LogP contribution is -2.47. The van der Waals surface area contributed by atoms with Gasteiger partial charge in [0, 0.05) is 37.9 Å². The summed E-state index contributed by atoms with van der Waals surface area (Å²) in [5, 5.41) is 0. The quantitative estimate of drug-likeness (QED) is 0.913. The van der Waals surface area contributed by atoms with E-state index in [-0.39, 0.29) is 11.8 Å². The Hall–Kier alpha value is -2.37. The SMILES string of the molecule is Cc1cnc(N)nc1N1CCN(c2ccccc2F)CC1. The molecule has 0 bridgehead atoms. The minimum atomic E-state index is -0.173. The van der Waals surface area contributed by atoms with E-state index >= 15 is 0 Å². The smallest absolute Gasteiger partial charge is 0.221 e. The fourth-order valence-corrected chi connectivity index (χ4v) is 2.63. The Morgan fingerprint density at radius 3 is 2.48 bits per heavy atom. The predicted molar refractivity (Wildman–Crippen MR) is 82.0 cm³/mol. The lowest BCUT2D eigenvalue weighted by molar-refractivity contribution is 0.595. The highest BCUT2D eigenvalue weighted by Crippen LogP contribution is 2.23. The summed E-state index contributed by atoms with van der Waals surface area (Å²) in [6.07, 6.45) is 1.74. The zero-order chi connectivity index (χ0) is 14.8. The van der Waals surface area contributed by atoms with Gasteiger partial charge < -0.3 is 15.5 Å². The number of para-hydroxylation sites is 1. The normalized spacial score (nSPS) is 15.3. The number of anilines is 3. The van der Waals surface area contributed by atoms with Crippen LogP contribution in [0.2, 0.25) is 0 Å².